The summed E-state index contributed by atoms with van der Waals surface area (Å²) in [5, 5.41) is 13.5. The fourth-order valence-corrected chi connectivity index (χ4v) is 4.64. The van der Waals surface area contributed by atoms with Crippen LogP contribution in [-0.4, -0.2) is 34.2 Å². The average molecular weight is 438 g/mol. The van der Waals surface area contributed by atoms with E-state index in [9.17, 15) is 19.1 Å². The molecule has 7 heteroatoms. The van der Waals surface area contributed by atoms with Crippen LogP contribution in [0.5, 0.6) is 5.75 Å². The van der Waals surface area contributed by atoms with Crippen LogP contribution in [0, 0.1) is 12.7 Å². The molecule has 168 valence electrons. The number of benzene rings is 2. The number of aliphatic carboxylic acids is 1. The van der Waals surface area contributed by atoms with E-state index >= 15 is 0 Å². The molecule has 4 rings (SSSR count). The van der Waals surface area contributed by atoms with Crippen LogP contribution < -0.4 is 10.1 Å². The molecule has 1 aliphatic carbocycles. The van der Waals surface area contributed by atoms with Crippen LogP contribution in [0.25, 0.3) is 10.9 Å². The number of aryl methyl sites for hydroxylation is 1. The Hall–Kier alpha value is -3.35. The van der Waals surface area contributed by atoms with Gasteiger partial charge in [-0.1, -0.05) is 25.1 Å². The van der Waals surface area contributed by atoms with E-state index in [1.54, 1.807) is 6.07 Å². The van der Waals surface area contributed by atoms with Gasteiger partial charge in [-0.3, -0.25) is 4.79 Å². The summed E-state index contributed by atoms with van der Waals surface area (Å²) in [5.74, 6) is -0.807. The van der Waals surface area contributed by atoms with Crippen molar-refractivity contribution in [2.75, 3.05) is 6.61 Å². The third-order valence-electron chi connectivity index (χ3n) is 6.16. The summed E-state index contributed by atoms with van der Waals surface area (Å²) in [6.07, 6.45) is 2.24. The fourth-order valence-electron chi connectivity index (χ4n) is 4.64. The second kappa shape index (κ2) is 9.02. The second-order valence-corrected chi connectivity index (χ2v) is 8.28. The highest BCUT2D eigenvalue weighted by molar-refractivity contribution is 5.88. The van der Waals surface area contributed by atoms with Crippen LogP contribution in [0.1, 0.15) is 42.6 Å². The highest BCUT2D eigenvalue weighted by Gasteiger charge is 2.31. The molecule has 1 heterocycles. The predicted octanol–water partition coefficient (Wildman–Crippen LogP) is 4.18. The van der Waals surface area contributed by atoms with Gasteiger partial charge >= 0.3 is 5.97 Å². The van der Waals surface area contributed by atoms with Gasteiger partial charge in [-0.25, -0.2) is 9.18 Å². The lowest BCUT2D eigenvalue weighted by Crippen LogP contribution is -2.41. The normalized spacial score (nSPS) is 16.4. The summed E-state index contributed by atoms with van der Waals surface area (Å²) in [4.78, 5) is 24.4. The van der Waals surface area contributed by atoms with Gasteiger partial charge in [-0.15, -0.1) is 0 Å². The van der Waals surface area contributed by atoms with Crippen LogP contribution in [-0.2, 0) is 22.4 Å². The van der Waals surface area contributed by atoms with E-state index in [1.807, 2.05) is 42.7 Å². The van der Waals surface area contributed by atoms with Crippen LogP contribution in [0.3, 0.4) is 0 Å². The third kappa shape index (κ3) is 4.20. The van der Waals surface area contributed by atoms with Gasteiger partial charge in [0.25, 0.3) is 5.91 Å². The van der Waals surface area contributed by atoms with Gasteiger partial charge in [0.05, 0.1) is 0 Å². The second-order valence-electron chi connectivity index (χ2n) is 8.28. The van der Waals surface area contributed by atoms with Crippen LogP contribution in [0.15, 0.2) is 42.5 Å². The molecule has 1 aromatic heterocycles. The zero-order valence-electron chi connectivity index (χ0n) is 18.2. The first-order chi connectivity index (χ1) is 15.4. The van der Waals surface area contributed by atoms with Gasteiger partial charge in [-0.2, -0.15) is 0 Å². The Bertz CT molecular complexity index is 1170. The molecule has 2 atom stereocenters. The van der Waals surface area contributed by atoms with Crippen molar-refractivity contribution in [2.45, 2.75) is 51.6 Å². The Morgan fingerprint density at radius 3 is 2.78 bits per heavy atom. The molecular weight excluding hydrogens is 411 g/mol. The van der Waals surface area contributed by atoms with Crippen molar-refractivity contribution in [3.63, 3.8) is 0 Å². The molecule has 32 heavy (non-hydrogen) atoms. The molecule has 0 saturated heterocycles. The van der Waals surface area contributed by atoms with Gasteiger partial charge in [0.2, 0.25) is 0 Å². The molecule has 2 aromatic carbocycles. The molecule has 2 N–H and O–H groups in total. The Kier molecular flexibility index (Phi) is 6.17. The average Bonchev–Trinajstić information content (AvgIpc) is 3.06. The van der Waals surface area contributed by atoms with E-state index in [1.165, 1.54) is 12.1 Å². The van der Waals surface area contributed by atoms with Gasteiger partial charge in [0.1, 0.15) is 17.6 Å². The summed E-state index contributed by atoms with van der Waals surface area (Å²) >= 11 is 0. The smallest absolute Gasteiger partial charge is 0.326 e. The maximum atomic E-state index is 14.0. The van der Waals surface area contributed by atoms with E-state index in [4.69, 9.17) is 4.74 Å². The number of halogens is 1. The Balaban J connectivity index is 1.55. The van der Waals surface area contributed by atoms with Gasteiger partial charge in [0, 0.05) is 22.6 Å². The minimum Gasteiger partial charge on any atom is -0.484 e. The zero-order valence-corrected chi connectivity index (χ0v) is 18.2. The largest absolute Gasteiger partial charge is 0.484 e. The first-order valence-electron chi connectivity index (χ1n) is 10.9. The number of carboxylic acids is 1. The van der Waals surface area contributed by atoms with Crippen molar-refractivity contribution >= 4 is 22.8 Å². The predicted molar refractivity (Wildman–Crippen MR) is 119 cm³/mol. The Morgan fingerprint density at radius 1 is 1.28 bits per heavy atom. The number of nitrogens with zero attached hydrogens (tertiary/aromatic N) is 1. The number of fused-ring (bicyclic) bond motifs is 3. The van der Waals surface area contributed by atoms with Gasteiger partial charge in [-0.05, 0) is 68.0 Å². The molecule has 1 aliphatic rings. The highest BCUT2D eigenvalue weighted by Crippen LogP contribution is 2.36. The summed E-state index contributed by atoms with van der Waals surface area (Å²) in [6.45, 7) is 3.67. The van der Waals surface area contributed by atoms with E-state index < -0.39 is 12.0 Å². The molecule has 0 spiro atoms. The van der Waals surface area contributed by atoms with Crippen LogP contribution in [0.4, 0.5) is 4.39 Å². The monoisotopic (exact) mass is 438 g/mol. The SMILES string of the molecule is CCC(C(=O)O)n1c2c(c3cc(F)ccc31)CC(NC(=O)COc1ccccc1C)CC2. The lowest BCUT2D eigenvalue weighted by Gasteiger charge is -2.26. The van der Waals surface area contributed by atoms with Crippen molar-refractivity contribution in [1.82, 2.24) is 9.88 Å². The minimum atomic E-state index is -0.902. The summed E-state index contributed by atoms with van der Waals surface area (Å²) in [6, 6.07) is 11.2. The number of amides is 1. The van der Waals surface area contributed by atoms with Crippen molar-refractivity contribution in [1.29, 1.82) is 0 Å². The van der Waals surface area contributed by atoms with E-state index in [0.717, 1.165) is 27.7 Å². The summed E-state index contributed by atoms with van der Waals surface area (Å²) in [7, 11) is 0. The molecule has 6 nitrogen and oxygen atoms in total. The highest BCUT2D eigenvalue weighted by atomic mass is 19.1. The van der Waals surface area contributed by atoms with E-state index in [2.05, 4.69) is 5.32 Å². The van der Waals surface area contributed by atoms with Crippen molar-refractivity contribution in [3.05, 3.63) is 65.1 Å². The van der Waals surface area contributed by atoms with Crippen molar-refractivity contribution in [3.8, 4) is 5.75 Å². The lowest BCUT2D eigenvalue weighted by atomic mass is 9.91. The Morgan fingerprint density at radius 2 is 2.06 bits per heavy atom. The number of carboxylic acid groups (broad SMARTS) is 1. The molecule has 2 unspecified atom stereocenters. The van der Waals surface area contributed by atoms with Crippen molar-refractivity contribution < 1.29 is 23.8 Å². The number of rotatable bonds is 7. The van der Waals surface area contributed by atoms with E-state index in [-0.39, 0.29) is 24.4 Å². The number of aromatic nitrogens is 1. The van der Waals surface area contributed by atoms with Gasteiger partial charge in [0.15, 0.2) is 6.61 Å². The van der Waals surface area contributed by atoms with Gasteiger partial charge < -0.3 is 19.7 Å². The van der Waals surface area contributed by atoms with E-state index in [0.29, 0.717) is 31.4 Å². The molecule has 0 bridgehead atoms. The zero-order chi connectivity index (χ0) is 22.8. The number of hydrogen-bond donors (Lipinski definition) is 2. The Labute approximate surface area is 186 Å². The lowest BCUT2D eigenvalue weighted by molar-refractivity contribution is -0.141. The van der Waals surface area contributed by atoms with Crippen LogP contribution >= 0.6 is 0 Å². The fraction of sp³-hybridized carbons (Fsp3) is 0.360. The molecule has 0 saturated carbocycles. The first-order valence-corrected chi connectivity index (χ1v) is 10.9. The first kappa shape index (κ1) is 21.9. The summed E-state index contributed by atoms with van der Waals surface area (Å²) < 4.78 is 21.5. The number of para-hydroxylation sites is 1. The number of ether oxygens (including phenoxy) is 1. The number of nitrogens with one attached hydrogen (secondary N) is 1. The topological polar surface area (TPSA) is 80.6 Å². The third-order valence-corrected chi connectivity index (χ3v) is 6.16. The number of hydrogen-bond acceptors (Lipinski definition) is 3. The number of carbonyl (C=O) groups excluding carboxylic acids is 1. The molecule has 0 aliphatic heterocycles. The van der Waals surface area contributed by atoms with Crippen LogP contribution in [0.2, 0.25) is 0 Å². The quantitative estimate of drug-likeness (QED) is 0.580. The van der Waals surface area contributed by atoms with Crippen molar-refractivity contribution in [2.24, 2.45) is 0 Å². The standard InChI is InChI=1S/C25H27FN2O4/c1-3-20(25(30)31)28-21-10-8-16(26)12-18(21)19-13-17(9-11-22(19)28)27-24(29)14-32-23-7-5-4-6-15(23)2/h4-8,10,12,17,20H,3,9,11,13-14H2,1-2H3,(H,27,29)(H,30,31). The minimum absolute atomic E-state index is 0.0818. The maximum Gasteiger partial charge on any atom is 0.326 e. The maximum absolute atomic E-state index is 14.0. The molecular formula is C25H27FN2O4. The number of carbonyl (C=O) groups is 2. The molecule has 0 fully saturated rings. The molecule has 1 amide bonds. The molecule has 0 radical (unpaired) electrons. The molecule has 3 aromatic rings. The summed E-state index contributed by atoms with van der Waals surface area (Å²) in [5.41, 5.74) is 3.51.